The fourth-order valence-corrected chi connectivity index (χ4v) is 4.33. The van der Waals surface area contributed by atoms with Gasteiger partial charge < -0.3 is 5.32 Å². The van der Waals surface area contributed by atoms with Gasteiger partial charge >= 0.3 is 0 Å². The summed E-state index contributed by atoms with van der Waals surface area (Å²) in [5.41, 5.74) is 1.45. The molecule has 0 spiro atoms. The Morgan fingerprint density at radius 3 is 2.17 bits per heavy atom. The Morgan fingerprint density at radius 2 is 1.78 bits per heavy atom. The van der Waals surface area contributed by atoms with Crippen molar-refractivity contribution in [3.8, 4) is 0 Å². The first-order valence-corrected chi connectivity index (χ1v) is 7.80. The van der Waals surface area contributed by atoms with Crippen LogP contribution in [0.2, 0.25) is 8.67 Å². The highest BCUT2D eigenvalue weighted by molar-refractivity contribution is 7.20. The van der Waals surface area contributed by atoms with Crippen molar-refractivity contribution in [3.05, 3.63) is 20.3 Å². The molecule has 0 radical (unpaired) electrons. The van der Waals surface area contributed by atoms with E-state index in [1.807, 2.05) is 6.07 Å². The summed E-state index contributed by atoms with van der Waals surface area (Å²) in [5.74, 6) is 0. The van der Waals surface area contributed by atoms with E-state index in [4.69, 9.17) is 23.2 Å². The minimum Gasteiger partial charge on any atom is -0.305 e. The third-order valence-electron chi connectivity index (χ3n) is 2.73. The summed E-state index contributed by atoms with van der Waals surface area (Å²) in [5, 5.41) is 3.65. The lowest BCUT2D eigenvalue weighted by Crippen LogP contribution is -2.43. The molecule has 1 aromatic heterocycles. The molecule has 0 fully saturated rings. The zero-order valence-corrected chi connectivity index (χ0v) is 14.4. The second kappa shape index (κ2) is 5.70. The van der Waals surface area contributed by atoms with Gasteiger partial charge in [0.2, 0.25) is 0 Å². The van der Waals surface area contributed by atoms with E-state index in [2.05, 4.69) is 46.9 Å². The Bertz CT molecular complexity index is 404. The smallest absolute Gasteiger partial charge is 0.0991 e. The molecule has 0 aliphatic rings. The number of hydrogen-bond acceptors (Lipinski definition) is 2. The average molecular weight is 308 g/mol. The van der Waals surface area contributed by atoms with E-state index in [-0.39, 0.29) is 11.6 Å². The molecule has 0 aliphatic carbocycles. The molecular formula is C14H23Cl2NS. The summed E-state index contributed by atoms with van der Waals surface area (Å²) >= 11 is 13.6. The largest absolute Gasteiger partial charge is 0.305 e. The van der Waals surface area contributed by atoms with E-state index in [0.29, 0.717) is 5.41 Å². The minimum atomic E-state index is 0.0649. The summed E-state index contributed by atoms with van der Waals surface area (Å²) in [7, 11) is 0. The van der Waals surface area contributed by atoms with Crippen LogP contribution in [0.25, 0.3) is 0 Å². The zero-order chi connectivity index (χ0) is 14.1. The normalized spacial score (nSPS) is 14.9. The van der Waals surface area contributed by atoms with Crippen LogP contribution in [0.4, 0.5) is 0 Å². The first-order valence-electron chi connectivity index (χ1n) is 6.23. The predicted molar refractivity (Wildman–Crippen MR) is 84.0 cm³/mol. The van der Waals surface area contributed by atoms with Gasteiger partial charge in [0, 0.05) is 11.6 Å². The van der Waals surface area contributed by atoms with Crippen molar-refractivity contribution in [2.24, 2.45) is 5.41 Å². The van der Waals surface area contributed by atoms with Gasteiger partial charge in [-0.15, -0.1) is 11.3 Å². The third kappa shape index (κ3) is 5.08. The summed E-state index contributed by atoms with van der Waals surface area (Å²) in [6.07, 6.45) is 1.10. The summed E-state index contributed by atoms with van der Waals surface area (Å²) < 4.78 is 1.53. The van der Waals surface area contributed by atoms with Crippen LogP contribution in [0.15, 0.2) is 6.07 Å². The molecule has 1 N–H and O–H groups in total. The van der Waals surface area contributed by atoms with E-state index in [1.165, 1.54) is 11.3 Å². The van der Waals surface area contributed by atoms with Gasteiger partial charge in [-0.1, -0.05) is 44.0 Å². The van der Waals surface area contributed by atoms with E-state index < -0.39 is 0 Å². The average Bonchev–Trinajstić information content (AvgIpc) is 2.39. The SMILES string of the molecule is CC(NC(C)(C)CC(C)(C)C)c1cc(Cl)sc1Cl. The van der Waals surface area contributed by atoms with Gasteiger partial charge in [-0.25, -0.2) is 0 Å². The maximum Gasteiger partial charge on any atom is 0.0991 e. The van der Waals surface area contributed by atoms with E-state index >= 15 is 0 Å². The number of nitrogens with one attached hydrogen (secondary N) is 1. The molecule has 1 nitrogen and oxygen atoms in total. The van der Waals surface area contributed by atoms with Crippen LogP contribution >= 0.6 is 34.5 Å². The van der Waals surface area contributed by atoms with E-state index in [9.17, 15) is 0 Å². The number of halogens is 2. The zero-order valence-electron chi connectivity index (χ0n) is 12.0. The maximum absolute atomic E-state index is 6.20. The number of hydrogen-bond donors (Lipinski definition) is 1. The molecule has 0 amide bonds. The fraction of sp³-hybridized carbons (Fsp3) is 0.714. The quantitative estimate of drug-likeness (QED) is 0.728. The molecule has 104 valence electrons. The maximum atomic E-state index is 6.20. The monoisotopic (exact) mass is 307 g/mol. The minimum absolute atomic E-state index is 0.0649. The van der Waals surface area contributed by atoms with Crippen molar-refractivity contribution in [2.75, 3.05) is 0 Å². The molecule has 1 rings (SSSR count). The Labute approximate surface area is 125 Å². The second-order valence-electron chi connectivity index (χ2n) is 6.77. The van der Waals surface area contributed by atoms with Gasteiger partial charge in [0.1, 0.15) is 0 Å². The van der Waals surface area contributed by atoms with Crippen LogP contribution in [-0.2, 0) is 0 Å². The van der Waals surface area contributed by atoms with Crippen molar-refractivity contribution in [2.45, 2.75) is 59.5 Å². The van der Waals surface area contributed by atoms with E-state index in [0.717, 1.165) is 20.7 Å². The topological polar surface area (TPSA) is 12.0 Å². The lowest BCUT2D eigenvalue weighted by Gasteiger charge is -2.36. The molecule has 0 saturated heterocycles. The van der Waals surface area contributed by atoms with Crippen LogP contribution in [0.5, 0.6) is 0 Å². The van der Waals surface area contributed by atoms with Crippen LogP contribution in [0.3, 0.4) is 0 Å². The molecule has 1 unspecified atom stereocenters. The van der Waals surface area contributed by atoms with Crippen LogP contribution in [0.1, 0.15) is 59.6 Å². The molecule has 0 aliphatic heterocycles. The van der Waals surface area contributed by atoms with Crippen LogP contribution in [-0.4, -0.2) is 5.54 Å². The standard InChI is InChI=1S/C14H23Cl2NS/c1-9(10-7-11(15)18-12(10)16)17-14(5,6)8-13(2,3)4/h7,9,17H,8H2,1-6H3. The highest BCUT2D eigenvalue weighted by atomic mass is 35.5. The van der Waals surface area contributed by atoms with Crippen molar-refractivity contribution in [1.82, 2.24) is 5.32 Å². The summed E-state index contributed by atoms with van der Waals surface area (Å²) in [6, 6.07) is 2.16. The van der Waals surface area contributed by atoms with Gasteiger partial charge in [0.25, 0.3) is 0 Å². The molecular weight excluding hydrogens is 285 g/mol. The molecule has 1 atom stereocenters. The molecule has 0 aromatic carbocycles. The van der Waals surface area contributed by atoms with Crippen molar-refractivity contribution < 1.29 is 0 Å². The van der Waals surface area contributed by atoms with Gasteiger partial charge in [-0.2, -0.15) is 0 Å². The Balaban J connectivity index is 2.75. The summed E-state index contributed by atoms with van der Waals surface area (Å²) in [4.78, 5) is 0. The van der Waals surface area contributed by atoms with Crippen LogP contribution in [0, 0.1) is 5.41 Å². The Morgan fingerprint density at radius 1 is 1.22 bits per heavy atom. The van der Waals surface area contributed by atoms with Crippen LogP contribution < -0.4 is 5.32 Å². The van der Waals surface area contributed by atoms with Gasteiger partial charge in [0.05, 0.1) is 8.67 Å². The summed E-state index contributed by atoms with van der Waals surface area (Å²) in [6.45, 7) is 13.4. The molecule has 1 aromatic rings. The highest BCUT2D eigenvalue weighted by Crippen LogP contribution is 2.36. The first-order chi connectivity index (χ1) is 8.00. The highest BCUT2D eigenvalue weighted by Gasteiger charge is 2.27. The Kier molecular flexibility index (Phi) is 5.16. The lowest BCUT2D eigenvalue weighted by molar-refractivity contribution is 0.227. The Hall–Kier alpha value is 0.240. The van der Waals surface area contributed by atoms with Gasteiger partial charge in [0.15, 0.2) is 0 Å². The first kappa shape index (κ1) is 16.3. The lowest BCUT2D eigenvalue weighted by atomic mass is 9.81. The predicted octanol–water partition coefficient (Wildman–Crippen LogP) is 5.92. The molecule has 4 heteroatoms. The molecule has 18 heavy (non-hydrogen) atoms. The van der Waals surface area contributed by atoms with E-state index in [1.54, 1.807) is 0 Å². The second-order valence-corrected chi connectivity index (χ2v) is 9.05. The van der Waals surface area contributed by atoms with Crippen molar-refractivity contribution in [3.63, 3.8) is 0 Å². The number of rotatable bonds is 4. The van der Waals surface area contributed by atoms with Gasteiger partial charge in [-0.05, 0) is 44.2 Å². The van der Waals surface area contributed by atoms with Gasteiger partial charge in [-0.3, -0.25) is 0 Å². The third-order valence-corrected chi connectivity index (χ3v) is 4.25. The fourth-order valence-electron chi connectivity index (χ4n) is 2.69. The molecule has 0 saturated carbocycles. The number of thiophene rings is 1. The van der Waals surface area contributed by atoms with Crippen molar-refractivity contribution >= 4 is 34.5 Å². The van der Waals surface area contributed by atoms with Crippen molar-refractivity contribution in [1.29, 1.82) is 0 Å². The molecule has 0 bridgehead atoms. The molecule has 1 heterocycles.